The SMILES string of the molecule is CC[C@@H](C)NC(=O)CN1C(=O)N[C@H](Cc2c[nH]c3ccccc23)C1=O. The highest BCUT2D eigenvalue weighted by Gasteiger charge is 2.39. The summed E-state index contributed by atoms with van der Waals surface area (Å²) in [5, 5.41) is 6.46. The molecule has 7 nitrogen and oxygen atoms in total. The molecule has 0 unspecified atom stereocenters. The molecule has 1 aromatic carbocycles. The maximum Gasteiger partial charge on any atom is 0.325 e. The van der Waals surface area contributed by atoms with E-state index < -0.39 is 12.1 Å². The molecule has 4 amide bonds. The molecule has 1 aliphatic heterocycles. The predicted molar refractivity (Wildman–Crippen MR) is 93.9 cm³/mol. The van der Waals surface area contributed by atoms with Crippen LogP contribution in [0.4, 0.5) is 4.79 Å². The van der Waals surface area contributed by atoms with Crippen LogP contribution >= 0.6 is 0 Å². The highest BCUT2D eigenvalue weighted by molar-refractivity contribution is 6.06. The zero-order valence-corrected chi connectivity index (χ0v) is 14.3. The zero-order valence-electron chi connectivity index (χ0n) is 14.3. The third kappa shape index (κ3) is 3.50. The number of fused-ring (bicyclic) bond motifs is 1. The number of nitrogens with zero attached hydrogens (tertiary/aromatic N) is 1. The summed E-state index contributed by atoms with van der Waals surface area (Å²) in [6, 6.07) is 6.63. The van der Waals surface area contributed by atoms with E-state index in [1.807, 2.05) is 44.3 Å². The smallest absolute Gasteiger partial charge is 0.325 e. The van der Waals surface area contributed by atoms with Crippen molar-refractivity contribution in [1.29, 1.82) is 0 Å². The number of H-pyrrole nitrogens is 1. The molecule has 3 N–H and O–H groups in total. The van der Waals surface area contributed by atoms with Crippen molar-refractivity contribution >= 4 is 28.7 Å². The van der Waals surface area contributed by atoms with Crippen LogP contribution in [0.3, 0.4) is 0 Å². The molecule has 0 aliphatic carbocycles. The first-order valence-electron chi connectivity index (χ1n) is 8.45. The number of urea groups is 1. The maximum absolute atomic E-state index is 12.5. The van der Waals surface area contributed by atoms with Gasteiger partial charge >= 0.3 is 6.03 Å². The third-order valence-corrected chi connectivity index (χ3v) is 4.53. The number of aromatic amines is 1. The quantitative estimate of drug-likeness (QED) is 0.695. The van der Waals surface area contributed by atoms with Crippen LogP contribution < -0.4 is 10.6 Å². The number of hydrogen-bond acceptors (Lipinski definition) is 3. The van der Waals surface area contributed by atoms with Gasteiger partial charge in [0.25, 0.3) is 5.91 Å². The Morgan fingerprint density at radius 3 is 2.84 bits per heavy atom. The van der Waals surface area contributed by atoms with Gasteiger partial charge in [-0.3, -0.25) is 14.5 Å². The van der Waals surface area contributed by atoms with Crippen molar-refractivity contribution in [3.63, 3.8) is 0 Å². The summed E-state index contributed by atoms with van der Waals surface area (Å²) in [4.78, 5) is 40.7. The van der Waals surface area contributed by atoms with E-state index in [4.69, 9.17) is 0 Å². The van der Waals surface area contributed by atoms with E-state index >= 15 is 0 Å². The van der Waals surface area contributed by atoms with Gasteiger partial charge in [-0.25, -0.2) is 4.79 Å². The second kappa shape index (κ2) is 6.96. The molecular formula is C18H22N4O3. The Balaban J connectivity index is 1.68. The molecule has 0 saturated carbocycles. The predicted octanol–water partition coefficient (Wildman–Crippen LogP) is 1.55. The number of amides is 4. The number of benzene rings is 1. The van der Waals surface area contributed by atoms with Gasteiger partial charge in [0.05, 0.1) is 0 Å². The Kier molecular flexibility index (Phi) is 4.74. The molecule has 0 bridgehead atoms. The first-order valence-corrected chi connectivity index (χ1v) is 8.45. The van der Waals surface area contributed by atoms with Crippen LogP contribution in [0.15, 0.2) is 30.5 Å². The van der Waals surface area contributed by atoms with Crippen LogP contribution in [-0.4, -0.2) is 46.4 Å². The zero-order chi connectivity index (χ0) is 18.0. The minimum Gasteiger partial charge on any atom is -0.361 e. The second-order valence-electron chi connectivity index (χ2n) is 6.37. The number of imide groups is 1. The van der Waals surface area contributed by atoms with Crippen molar-refractivity contribution in [3.8, 4) is 0 Å². The van der Waals surface area contributed by atoms with E-state index in [1.165, 1.54) is 0 Å². The van der Waals surface area contributed by atoms with Gasteiger partial charge in [-0.05, 0) is 25.0 Å². The average Bonchev–Trinajstić information content (AvgIpc) is 3.11. The Bertz CT molecular complexity index is 814. The molecule has 7 heteroatoms. The lowest BCUT2D eigenvalue weighted by molar-refractivity contribution is -0.132. The summed E-state index contributed by atoms with van der Waals surface area (Å²) < 4.78 is 0. The minimum absolute atomic E-state index is 0.00952. The molecule has 2 heterocycles. The Labute approximate surface area is 145 Å². The fourth-order valence-electron chi connectivity index (χ4n) is 2.95. The number of hydrogen-bond donors (Lipinski definition) is 3. The van der Waals surface area contributed by atoms with Crippen molar-refractivity contribution in [2.45, 2.75) is 38.8 Å². The fourth-order valence-corrected chi connectivity index (χ4v) is 2.95. The topological polar surface area (TPSA) is 94.3 Å². The van der Waals surface area contributed by atoms with E-state index in [0.29, 0.717) is 6.42 Å². The van der Waals surface area contributed by atoms with Gasteiger partial charge in [-0.2, -0.15) is 0 Å². The summed E-state index contributed by atoms with van der Waals surface area (Å²) in [5.41, 5.74) is 1.94. The summed E-state index contributed by atoms with van der Waals surface area (Å²) in [6.45, 7) is 3.58. The van der Waals surface area contributed by atoms with E-state index in [1.54, 1.807) is 0 Å². The lowest BCUT2D eigenvalue weighted by atomic mass is 10.1. The van der Waals surface area contributed by atoms with E-state index in [-0.39, 0.29) is 24.4 Å². The third-order valence-electron chi connectivity index (χ3n) is 4.53. The van der Waals surface area contributed by atoms with Gasteiger partial charge in [0.15, 0.2) is 0 Å². The molecule has 1 fully saturated rings. The van der Waals surface area contributed by atoms with Crippen LogP contribution in [0.5, 0.6) is 0 Å². The van der Waals surface area contributed by atoms with Crippen LogP contribution in [0.1, 0.15) is 25.8 Å². The number of carbonyl (C=O) groups is 3. The van der Waals surface area contributed by atoms with Gasteiger partial charge < -0.3 is 15.6 Å². The fraction of sp³-hybridized carbons (Fsp3) is 0.389. The maximum atomic E-state index is 12.5. The first-order chi connectivity index (χ1) is 12.0. The monoisotopic (exact) mass is 342 g/mol. The van der Waals surface area contributed by atoms with Crippen molar-refractivity contribution in [3.05, 3.63) is 36.0 Å². The Morgan fingerprint density at radius 1 is 1.32 bits per heavy atom. The van der Waals surface area contributed by atoms with E-state index in [0.717, 1.165) is 27.8 Å². The average molecular weight is 342 g/mol. The summed E-state index contributed by atoms with van der Waals surface area (Å²) in [6.07, 6.45) is 3.02. The molecule has 3 rings (SSSR count). The number of aromatic nitrogens is 1. The molecule has 0 radical (unpaired) electrons. The summed E-state index contributed by atoms with van der Waals surface area (Å²) in [5.74, 6) is -0.694. The molecule has 1 aromatic heterocycles. The van der Waals surface area contributed by atoms with E-state index in [9.17, 15) is 14.4 Å². The molecule has 25 heavy (non-hydrogen) atoms. The molecule has 2 aromatic rings. The van der Waals surface area contributed by atoms with Crippen LogP contribution in [-0.2, 0) is 16.0 Å². The van der Waals surface area contributed by atoms with Gasteiger partial charge in [0.2, 0.25) is 5.91 Å². The van der Waals surface area contributed by atoms with Crippen LogP contribution in [0, 0.1) is 0 Å². The number of nitrogens with one attached hydrogen (secondary N) is 3. The summed E-state index contributed by atoms with van der Waals surface area (Å²) >= 11 is 0. The van der Waals surface area contributed by atoms with Gasteiger partial charge in [0, 0.05) is 29.6 Å². The lowest BCUT2D eigenvalue weighted by Crippen LogP contribution is -2.43. The minimum atomic E-state index is -0.650. The van der Waals surface area contributed by atoms with Crippen molar-refractivity contribution in [2.75, 3.05) is 6.54 Å². The number of rotatable bonds is 6. The van der Waals surface area contributed by atoms with Gasteiger partial charge in [-0.15, -0.1) is 0 Å². The molecular weight excluding hydrogens is 320 g/mol. The van der Waals surface area contributed by atoms with Gasteiger partial charge in [0.1, 0.15) is 12.6 Å². The highest BCUT2D eigenvalue weighted by Crippen LogP contribution is 2.21. The largest absolute Gasteiger partial charge is 0.361 e. The molecule has 1 aliphatic rings. The lowest BCUT2D eigenvalue weighted by Gasteiger charge is -2.15. The molecule has 0 spiro atoms. The Morgan fingerprint density at radius 2 is 2.08 bits per heavy atom. The van der Waals surface area contributed by atoms with Crippen molar-refractivity contribution in [2.24, 2.45) is 0 Å². The van der Waals surface area contributed by atoms with Crippen molar-refractivity contribution in [1.82, 2.24) is 20.5 Å². The van der Waals surface area contributed by atoms with Gasteiger partial charge in [-0.1, -0.05) is 25.1 Å². The molecule has 1 saturated heterocycles. The normalized spacial score (nSPS) is 18.5. The standard InChI is InChI=1S/C18H22N4O3/c1-3-11(2)20-16(23)10-22-17(24)15(21-18(22)25)8-12-9-19-14-7-5-4-6-13(12)14/h4-7,9,11,15,19H,3,8,10H2,1-2H3,(H,20,23)(H,21,25)/t11-,15-/m1/s1. The molecule has 132 valence electrons. The molecule has 2 atom stereocenters. The first kappa shape index (κ1) is 17.0. The summed E-state index contributed by atoms with van der Waals surface area (Å²) in [7, 11) is 0. The second-order valence-corrected chi connectivity index (χ2v) is 6.37. The van der Waals surface area contributed by atoms with Crippen molar-refractivity contribution < 1.29 is 14.4 Å². The number of para-hydroxylation sites is 1. The van der Waals surface area contributed by atoms with Crippen LogP contribution in [0.2, 0.25) is 0 Å². The van der Waals surface area contributed by atoms with E-state index in [2.05, 4.69) is 15.6 Å². The highest BCUT2D eigenvalue weighted by atomic mass is 16.2. The number of carbonyl (C=O) groups excluding carboxylic acids is 3. The van der Waals surface area contributed by atoms with Crippen LogP contribution in [0.25, 0.3) is 10.9 Å². The Hall–Kier alpha value is -2.83.